The topological polar surface area (TPSA) is 38.5 Å². The third-order valence-corrected chi connectivity index (χ3v) is 4.70. The Labute approximate surface area is 115 Å². The molecule has 3 heteroatoms. The van der Waals surface area contributed by atoms with Crippen LogP contribution in [0.1, 0.15) is 36.4 Å². The van der Waals surface area contributed by atoms with Gasteiger partial charge in [-0.2, -0.15) is 0 Å². The van der Waals surface area contributed by atoms with Gasteiger partial charge in [0, 0.05) is 25.2 Å². The molecule has 1 aromatic carbocycles. The average molecular weight is 260 g/mol. The van der Waals surface area contributed by atoms with E-state index in [4.69, 9.17) is 10.5 Å². The van der Waals surface area contributed by atoms with Gasteiger partial charge in [0.2, 0.25) is 0 Å². The van der Waals surface area contributed by atoms with Gasteiger partial charge in [-0.25, -0.2) is 0 Å². The molecule has 1 saturated heterocycles. The number of nitrogens with two attached hydrogens (primary N) is 1. The summed E-state index contributed by atoms with van der Waals surface area (Å²) < 4.78 is 5.91. The van der Waals surface area contributed by atoms with Crippen molar-refractivity contribution in [3.63, 3.8) is 0 Å². The number of benzene rings is 1. The summed E-state index contributed by atoms with van der Waals surface area (Å²) in [4.78, 5) is 2.60. The van der Waals surface area contributed by atoms with Crippen molar-refractivity contribution in [3.05, 3.63) is 35.4 Å². The second-order valence-electron chi connectivity index (χ2n) is 5.75. The van der Waals surface area contributed by atoms with E-state index in [1.54, 1.807) is 0 Å². The van der Waals surface area contributed by atoms with E-state index < -0.39 is 0 Å². The second-order valence-corrected chi connectivity index (χ2v) is 5.75. The Morgan fingerprint density at radius 1 is 1.37 bits per heavy atom. The maximum absolute atomic E-state index is 6.10. The minimum absolute atomic E-state index is 0.343. The zero-order valence-corrected chi connectivity index (χ0v) is 11.7. The van der Waals surface area contributed by atoms with Crippen LogP contribution in [0.2, 0.25) is 0 Å². The van der Waals surface area contributed by atoms with Gasteiger partial charge in [-0.1, -0.05) is 24.3 Å². The van der Waals surface area contributed by atoms with Crippen molar-refractivity contribution in [3.8, 4) is 0 Å². The van der Waals surface area contributed by atoms with Crippen LogP contribution < -0.4 is 5.73 Å². The number of morpholine rings is 1. The van der Waals surface area contributed by atoms with Crippen molar-refractivity contribution in [2.45, 2.75) is 44.4 Å². The fraction of sp³-hybridized carbons (Fsp3) is 0.625. The number of ether oxygens (including phenoxy) is 1. The molecule has 3 atom stereocenters. The van der Waals surface area contributed by atoms with Crippen molar-refractivity contribution in [2.75, 3.05) is 19.7 Å². The van der Waals surface area contributed by atoms with Crippen LogP contribution >= 0.6 is 0 Å². The molecule has 2 N–H and O–H groups in total. The summed E-state index contributed by atoms with van der Waals surface area (Å²) in [5, 5.41) is 0. The van der Waals surface area contributed by atoms with E-state index in [1.165, 1.54) is 30.4 Å². The zero-order valence-electron chi connectivity index (χ0n) is 11.7. The number of rotatable bonds is 3. The van der Waals surface area contributed by atoms with Crippen LogP contribution in [0.25, 0.3) is 0 Å². The maximum Gasteiger partial charge on any atom is 0.0731 e. The number of hydrogen-bond donors (Lipinski definition) is 1. The number of nitrogens with zero attached hydrogens (tertiary/aromatic N) is 1. The summed E-state index contributed by atoms with van der Waals surface area (Å²) in [6.07, 6.45) is 4.20. The number of aryl methyl sites for hydroxylation is 1. The Hall–Kier alpha value is -0.900. The third kappa shape index (κ3) is 2.42. The molecule has 0 aromatic heterocycles. The Morgan fingerprint density at radius 2 is 2.21 bits per heavy atom. The van der Waals surface area contributed by atoms with Crippen LogP contribution in [-0.2, 0) is 4.74 Å². The smallest absolute Gasteiger partial charge is 0.0731 e. The first-order valence-corrected chi connectivity index (χ1v) is 7.44. The molecule has 3 unspecified atom stereocenters. The summed E-state index contributed by atoms with van der Waals surface area (Å²) >= 11 is 0. The van der Waals surface area contributed by atoms with Crippen LogP contribution in [0, 0.1) is 6.92 Å². The molecule has 104 valence electrons. The summed E-state index contributed by atoms with van der Waals surface area (Å²) in [5.41, 5.74) is 8.84. The van der Waals surface area contributed by atoms with Crippen LogP contribution in [0.3, 0.4) is 0 Å². The maximum atomic E-state index is 6.10. The normalized spacial score (nSPS) is 29.2. The molecule has 0 amide bonds. The van der Waals surface area contributed by atoms with Crippen LogP contribution in [0.4, 0.5) is 0 Å². The van der Waals surface area contributed by atoms with Gasteiger partial charge in [0.05, 0.1) is 12.7 Å². The van der Waals surface area contributed by atoms with Gasteiger partial charge in [0.15, 0.2) is 0 Å². The van der Waals surface area contributed by atoms with E-state index in [-0.39, 0.29) is 0 Å². The van der Waals surface area contributed by atoms with Gasteiger partial charge >= 0.3 is 0 Å². The van der Waals surface area contributed by atoms with Gasteiger partial charge in [0.1, 0.15) is 0 Å². The fourth-order valence-corrected chi connectivity index (χ4v) is 3.74. The quantitative estimate of drug-likeness (QED) is 0.906. The molecule has 0 spiro atoms. The first kappa shape index (κ1) is 13.1. The van der Waals surface area contributed by atoms with Gasteiger partial charge in [-0.05, 0) is 37.3 Å². The lowest BCUT2D eigenvalue weighted by Crippen LogP contribution is -2.51. The van der Waals surface area contributed by atoms with Crippen molar-refractivity contribution < 1.29 is 4.74 Å². The molecular formula is C16H24N2O. The predicted octanol–water partition coefficient (Wildman–Crippen LogP) is 2.25. The van der Waals surface area contributed by atoms with Crippen molar-refractivity contribution in [1.29, 1.82) is 0 Å². The minimum atomic E-state index is 0.343. The standard InChI is InChI=1S/C16H24N2O/c1-12-5-2-3-6-13(12)15(11-17)18-9-10-19-16-8-4-7-14(16)18/h2-3,5-6,14-16H,4,7-11,17H2,1H3. The lowest BCUT2D eigenvalue weighted by Gasteiger charge is -2.42. The molecule has 1 aromatic rings. The summed E-state index contributed by atoms with van der Waals surface area (Å²) in [5.74, 6) is 0. The third-order valence-electron chi connectivity index (χ3n) is 4.70. The molecule has 19 heavy (non-hydrogen) atoms. The monoisotopic (exact) mass is 260 g/mol. The zero-order chi connectivity index (χ0) is 13.2. The number of fused-ring (bicyclic) bond motifs is 1. The van der Waals surface area contributed by atoms with Gasteiger partial charge < -0.3 is 10.5 Å². The molecule has 1 saturated carbocycles. The number of hydrogen-bond acceptors (Lipinski definition) is 3. The van der Waals surface area contributed by atoms with Crippen molar-refractivity contribution in [2.24, 2.45) is 5.73 Å². The first-order chi connectivity index (χ1) is 9.31. The molecule has 1 aliphatic carbocycles. The Kier molecular flexibility index (Phi) is 3.87. The Morgan fingerprint density at radius 3 is 3.00 bits per heavy atom. The lowest BCUT2D eigenvalue weighted by molar-refractivity contribution is -0.0712. The molecule has 1 heterocycles. The van der Waals surface area contributed by atoms with E-state index in [0.717, 1.165) is 13.2 Å². The van der Waals surface area contributed by atoms with Crippen LogP contribution in [0.5, 0.6) is 0 Å². The predicted molar refractivity (Wildman–Crippen MR) is 77.1 cm³/mol. The minimum Gasteiger partial charge on any atom is -0.375 e. The summed E-state index contributed by atoms with van der Waals surface area (Å²) in [6, 6.07) is 9.55. The Balaban J connectivity index is 1.87. The molecular weight excluding hydrogens is 236 g/mol. The molecule has 1 aliphatic heterocycles. The van der Waals surface area contributed by atoms with E-state index in [1.807, 2.05) is 0 Å². The van der Waals surface area contributed by atoms with Gasteiger partial charge in [0.25, 0.3) is 0 Å². The summed E-state index contributed by atoms with van der Waals surface area (Å²) in [6.45, 7) is 4.74. The van der Waals surface area contributed by atoms with E-state index >= 15 is 0 Å². The first-order valence-electron chi connectivity index (χ1n) is 7.44. The molecule has 3 rings (SSSR count). The highest BCUT2D eigenvalue weighted by molar-refractivity contribution is 5.29. The highest BCUT2D eigenvalue weighted by Crippen LogP contribution is 2.35. The fourth-order valence-electron chi connectivity index (χ4n) is 3.74. The lowest BCUT2D eigenvalue weighted by atomic mass is 9.97. The van der Waals surface area contributed by atoms with Crippen molar-refractivity contribution >= 4 is 0 Å². The average Bonchev–Trinajstić information content (AvgIpc) is 2.91. The highest BCUT2D eigenvalue weighted by Gasteiger charge is 2.39. The van der Waals surface area contributed by atoms with Gasteiger partial charge in [-0.15, -0.1) is 0 Å². The summed E-state index contributed by atoms with van der Waals surface area (Å²) in [7, 11) is 0. The van der Waals surface area contributed by atoms with Crippen molar-refractivity contribution in [1.82, 2.24) is 4.90 Å². The molecule has 2 aliphatic rings. The SMILES string of the molecule is Cc1ccccc1C(CN)N1CCOC2CCCC21. The Bertz CT molecular complexity index is 435. The molecule has 0 bridgehead atoms. The second kappa shape index (κ2) is 5.61. The van der Waals surface area contributed by atoms with E-state index in [2.05, 4.69) is 36.1 Å². The van der Waals surface area contributed by atoms with E-state index in [0.29, 0.717) is 24.7 Å². The van der Waals surface area contributed by atoms with Gasteiger partial charge in [-0.3, -0.25) is 4.90 Å². The highest BCUT2D eigenvalue weighted by atomic mass is 16.5. The molecule has 2 fully saturated rings. The van der Waals surface area contributed by atoms with Crippen LogP contribution in [0.15, 0.2) is 24.3 Å². The van der Waals surface area contributed by atoms with Crippen LogP contribution in [-0.4, -0.2) is 36.7 Å². The largest absolute Gasteiger partial charge is 0.375 e. The molecule has 0 radical (unpaired) electrons. The molecule has 3 nitrogen and oxygen atoms in total. The van der Waals surface area contributed by atoms with E-state index in [9.17, 15) is 0 Å².